The molecular weight excluding hydrogens is 228 g/mol. The lowest BCUT2D eigenvalue weighted by Crippen LogP contribution is -2.52. The number of ether oxygens (including phenoxy) is 2. The fourth-order valence-electron chi connectivity index (χ4n) is 3.46. The SMILES string of the molecule is COC1CN(C2CC(C)(C)CCC2N)CC1OC. The van der Waals surface area contributed by atoms with Crippen molar-refractivity contribution >= 4 is 0 Å². The highest BCUT2D eigenvalue weighted by atomic mass is 16.5. The van der Waals surface area contributed by atoms with Crippen LogP contribution in [0.15, 0.2) is 0 Å². The maximum Gasteiger partial charge on any atom is 0.0971 e. The number of nitrogens with zero attached hydrogens (tertiary/aromatic N) is 1. The lowest BCUT2D eigenvalue weighted by atomic mass is 9.73. The molecule has 106 valence electrons. The molecule has 0 aromatic carbocycles. The highest BCUT2D eigenvalue weighted by Crippen LogP contribution is 2.38. The molecule has 1 saturated heterocycles. The maximum atomic E-state index is 6.33. The molecular formula is C14H28N2O2. The Labute approximate surface area is 111 Å². The third-order valence-corrected chi connectivity index (χ3v) is 4.73. The summed E-state index contributed by atoms with van der Waals surface area (Å²) in [6.07, 6.45) is 3.92. The second-order valence-electron chi connectivity index (χ2n) is 6.64. The van der Waals surface area contributed by atoms with Gasteiger partial charge in [-0.05, 0) is 24.7 Å². The number of nitrogens with two attached hydrogens (primary N) is 1. The van der Waals surface area contributed by atoms with E-state index in [1.165, 1.54) is 12.8 Å². The van der Waals surface area contributed by atoms with Crippen LogP contribution in [0.4, 0.5) is 0 Å². The molecule has 0 amide bonds. The van der Waals surface area contributed by atoms with Gasteiger partial charge in [-0.25, -0.2) is 0 Å². The van der Waals surface area contributed by atoms with Gasteiger partial charge >= 0.3 is 0 Å². The van der Waals surface area contributed by atoms with Gasteiger partial charge in [0.05, 0.1) is 12.2 Å². The van der Waals surface area contributed by atoms with Gasteiger partial charge in [0, 0.05) is 39.4 Å². The molecule has 1 aliphatic carbocycles. The van der Waals surface area contributed by atoms with Crippen molar-refractivity contribution in [1.29, 1.82) is 0 Å². The van der Waals surface area contributed by atoms with Gasteiger partial charge in [0.25, 0.3) is 0 Å². The van der Waals surface area contributed by atoms with E-state index in [1.807, 2.05) is 0 Å². The average molecular weight is 256 g/mol. The summed E-state index contributed by atoms with van der Waals surface area (Å²) in [7, 11) is 3.54. The van der Waals surface area contributed by atoms with E-state index in [4.69, 9.17) is 15.2 Å². The van der Waals surface area contributed by atoms with Crippen molar-refractivity contribution in [3.05, 3.63) is 0 Å². The number of likely N-dealkylation sites (tertiary alicyclic amines) is 1. The molecule has 0 bridgehead atoms. The predicted molar refractivity (Wildman–Crippen MR) is 72.6 cm³/mol. The lowest BCUT2D eigenvalue weighted by molar-refractivity contribution is -0.00461. The van der Waals surface area contributed by atoms with E-state index in [0.717, 1.165) is 19.5 Å². The first kappa shape index (κ1) is 14.3. The Bertz CT molecular complexity index is 271. The first-order valence-electron chi connectivity index (χ1n) is 7.02. The molecule has 1 heterocycles. The summed E-state index contributed by atoms with van der Waals surface area (Å²) in [5.74, 6) is 0. The molecule has 1 saturated carbocycles. The molecule has 0 radical (unpaired) electrons. The maximum absolute atomic E-state index is 6.33. The van der Waals surface area contributed by atoms with Crippen LogP contribution in [0.3, 0.4) is 0 Å². The van der Waals surface area contributed by atoms with Crippen LogP contribution in [0, 0.1) is 5.41 Å². The third-order valence-electron chi connectivity index (χ3n) is 4.73. The third kappa shape index (κ3) is 2.87. The van der Waals surface area contributed by atoms with E-state index >= 15 is 0 Å². The molecule has 4 atom stereocenters. The number of hydrogen-bond donors (Lipinski definition) is 1. The first-order valence-corrected chi connectivity index (χ1v) is 7.02. The van der Waals surface area contributed by atoms with Crippen LogP contribution in [0.5, 0.6) is 0 Å². The summed E-state index contributed by atoms with van der Waals surface area (Å²) < 4.78 is 11.0. The Morgan fingerprint density at radius 3 is 2.17 bits per heavy atom. The van der Waals surface area contributed by atoms with Crippen molar-refractivity contribution in [1.82, 2.24) is 4.90 Å². The Balaban J connectivity index is 2.02. The van der Waals surface area contributed by atoms with Gasteiger partial charge < -0.3 is 15.2 Å². The average Bonchev–Trinajstić information content (AvgIpc) is 2.75. The van der Waals surface area contributed by atoms with Crippen molar-refractivity contribution in [2.75, 3.05) is 27.3 Å². The number of methoxy groups -OCH3 is 2. The Hall–Kier alpha value is -0.160. The molecule has 4 unspecified atom stereocenters. The summed E-state index contributed by atoms with van der Waals surface area (Å²) in [6, 6.07) is 0.776. The number of rotatable bonds is 3. The zero-order valence-corrected chi connectivity index (χ0v) is 12.2. The standard InChI is InChI=1S/C14H28N2O2/c1-14(2)6-5-10(15)11(7-14)16-8-12(17-3)13(9-16)18-4/h10-13H,5-9,15H2,1-4H3. The molecule has 0 aromatic rings. The van der Waals surface area contributed by atoms with Gasteiger partial charge in [-0.2, -0.15) is 0 Å². The van der Waals surface area contributed by atoms with Gasteiger partial charge in [-0.15, -0.1) is 0 Å². The molecule has 0 aromatic heterocycles. The fourth-order valence-corrected chi connectivity index (χ4v) is 3.46. The molecule has 4 nitrogen and oxygen atoms in total. The summed E-state index contributed by atoms with van der Waals surface area (Å²) >= 11 is 0. The van der Waals surface area contributed by atoms with Crippen LogP contribution >= 0.6 is 0 Å². The van der Waals surface area contributed by atoms with Crippen molar-refractivity contribution in [2.45, 2.75) is 57.4 Å². The molecule has 2 aliphatic rings. The minimum Gasteiger partial charge on any atom is -0.377 e. The quantitative estimate of drug-likeness (QED) is 0.825. The minimum absolute atomic E-state index is 0.187. The van der Waals surface area contributed by atoms with Crippen LogP contribution in [0.25, 0.3) is 0 Å². The van der Waals surface area contributed by atoms with E-state index in [2.05, 4.69) is 18.7 Å². The molecule has 2 N–H and O–H groups in total. The molecule has 1 aliphatic heterocycles. The van der Waals surface area contributed by atoms with Crippen LogP contribution in [0.2, 0.25) is 0 Å². The van der Waals surface area contributed by atoms with Gasteiger partial charge in [-0.1, -0.05) is 13.8 Å². The molecule has 18 heavy (non-hydrogen) atoms. The van der Waals surface area contributed by atoms with Crippen LogP contribution in [0.1, 0.15) is 33.1 Å². The fraction of sp³-hybridized carbons (Fsp3) is 1.00. The Kier molecular flexibility index (Phi) is 4.32. The number of hydrogen-bond acceptors (Lipinski definition) is 4. The smallest absolute Gasteiger partial charge is 0.0971 e. The van der Waals surface area contributed by atoms with Crippen molar-refractivity contribution in [3.8, 4) is 0 Å². The second-order valence-corrected chi connectivity index (χ2v) is 6.64. The second kappa shape index (κ2) is 5.45. The Morgan fingerprint density at radius 2 is 1.67 bits per heavy atom. The largest absolute Gasteiger partial charge is 0.377 e. The highest BCUT2D eigenvalue weighted by Gasteiger charge is 2.42. The van der Waals surface area contributed by atoms with Crippen molar-refractivity contribution in [2.24, 2.45) is 11.1 Å². The van der Waals surface area contributed by atoms with Crippen LogP contribution in [-0.4, -0.2) is 56.5 Å². The minimum atomic E-state index is 0.187. The molecule has 4 heteroatoms. The summed E-state index contributed by atoms with van der Waals surface area (Å²) in [4.78, 5) is 2.48. The van der Waals surface area contributed by atoms with Crippen molar-refractivity contribution < 1.29 is 9.47 Å². The first-order chi connectivity index (χ1) is 8.46. The van der Waals surface area contributed by atoms with Gasteiger partial charge in [0.1, 0.15) is 0 Å². The topological polar surface area (TPSA) is 47.7 Å². The van der Waals surface area contributed by atoms with E-state index < -0.39 is 0 Å². The van der Waals surface area contributed by atoms with E-state index in [0.29, 0.717) is 17.5 Å². The monoisotopic (exact) mass is 256 g/mol. The van der Waals surface area contributed by atoms with Crippen LogP contribution < -0.4 is 5.73 Å². The van der Waals surface area contributed by atoms with Crippen molar-refractivity contribution in [3.63, 3.8) is 0 Å². The highest BCUT2D eigenvalue weighted by molar-refractivity contribution is 4.98. The molecule has 0 spiro atoms. The van der Waals surface area contributed by atoms with Gasteiger partial charge in [0.15, 0.2) is 0 Å². The van der Waals surface area contributed by atoms with E-state index in [1.54, 1.807) is 14.2 Å². The van der Waals surface area contributed by atoms with E-state index in [-0.39, 0.29) is 12.2 Å². The zero-order valence-electron chi connectivity index (χ0n) is 12.2. The Morgan fingerprint density at radius 1 is 1.11 bits per heavy atom. The summed E-state index contributed by atoms with van der Waals surface area (Å²) in [6.45, 7) is 6.60. The summed E-state index contributed by atoms with van der Waals surface area (Å²) in [5.41, 5.74) is 6.74. The predicted octanol–water partition coefficient (Wildman–Crippen LogP) is 1.24. The van der Waals surface area contributed by atoms with E-state index in [9.17, 15) is 0 Å². The lowest BCUT2D eigenvalue weighted by Gasteiger charge is -2.43. The molecule has 2 rings (SSSR count). The normalized spacial score (nSPS) is 41.2. The van der Waals surface area contributed by atoms with Gasteiger partial charge in [0.2, 0.25) is 0 Å². The van der Waals surface area contributed by atoms with Crippen LogP contribution in [-0.2, 0) is 9.47 Å². The summed E-state index contributed by atoms with van der Waals surface area (Å²) in [5, 5.41) is 0. The molecule has 2 fully saturated rings. The zero-order chi connectivity index (χ0) is 13.3. The van der Waals surface area contributed by atoms with Gasteiger partial charge in [-0.3, -0.25) is 4.90 Å².